The molecule has 6 nitrogen and oxygen atoms in total. The number of aryl methyl sites for hydroxylation is 1. The number of nitrogen functional groups attached to an aromatic ring is 1. The van der Waals surface area contributed by atoms with Crippen LogP contribution < -0.4 is 16.4 Å². The first-order valence-electron chi connectivity index (χ1n) is 5.21. The molecule has 94 valence electrons. The number of benzene rings is 1. The Morgan fingerprint density at radius 3 is 2.72 bits per heavy atom. The van der Waals surface area contributed by atoms with E-state index in [0.717, 1.165) is 0 Å². The fraction of sp³-hybridized carbons (Fsp3) is 0.0909. The van der Waals surface area contributed by atoms with Gasteiger partial charge in [0.25, 0.3) is 0 Å². The predicted octanol–water partition coefficient (Wildman–Crippen LogP) is 2.60. The summed E-state index contributed by atoms with van der Waals surface area (Å²) in [6.45, 7) is 1.76. The largest absolute Gasteiger partial charge is 0.394 e. The molecule has 1 heterocycles. The first-order chi connectivity index (χ1) is 8.58. The van der Waals surface area contributed by atoms with Crippen LogP contribution >= 0.6 is 11.6 Å². The molecular formula is C11H12ClN5O. The Labute approximate surface area is 109 Å². The predicted molar refractivity (Wildman–Crippen MR) is 71.8 cm³/mol. The standard InChI is InChI=1S/C11H12ClN5O/c1-6-9(13)10(17-16-6)15-11(18)14-8-5-3-2-4-7(8)12/h2-5H,13H2,1H3,(H3,14,15,16,17,18). The molecule has 0 unspecified atom stereocenters. The van der Waals surface area contributed by atoms with Gasteiger partial charge in [0, 0.05) is 0 Å². The maximum Gasteiger partial charge on any atom is 0.325 e. The van der Waals surface area contributed by atoms with Crippen LogP contribution in [0.15, 0.2) is 24.3 Å². The molecule has 2 aromatic rings. The van der Waals surface area contributed by atoms with Crippen LogP contribution in [-0.4, -0.2) is 16.2 Å². The third kappa shape index (κ3) is 2.54. The van der Waals surface area contributed by atoms with Gasteiger partial charge < -0.3 is 11.1 Å². The number of nitrogens with two attached hydrogens (primary N) is 1. The first-order valence-corrected chi connectivity index (χ1v) is 5.58. The number of anilines is 3. The number of halogens is 1. The van der Waals surface area contributed by atoms with Crippen molar-refractivity contribution in [1.29, 1.82) is 0 Å². The summed E-state index contributed by atoms with van der Waals surface area (Å²) in [5.41, 5.74) is 7.33. The molecule has 0 aliphatic rings. The third-order valence-electron chi connectivity index (χ3n) is 2.35. The first kappa shape index (κ1) is 12.3. The molecule has 0 saturated carbocycles. The smallest absolute Gasteiger partial charge is 0.325 e. The van der Waals surface area contributed by atoms with Crippen LogP contribution in [0.5, 0.6) is 0 Å². The van der Waals surface area contributed by atoms with Gasteiger partial charge in [0.05, 0.1) is 22.1 Å². The summed E-state index contributed by atoms with van der Waals surface area (Å²) >= 11 is 5.92. The second kappa shape index (κ2) is 4.97. The number of carbonyl (C=O) groups is 1. The van der Waals surface area contributed by atoms with E-state index in [1.54, 1.807) is 31.2 Å². The zero-order chi connectivity index (χ0) is 13.1. The molecule has 18 heavy (non-hydrogen) atoms. The van der Waals surface area contributed by atoms with Crippen LogP contribution in [0.1, 0.15) is 5.69 Å². The van der Waals surface area contributed by atoms with Gasteiger partial charge >= 0.3 is 6.03 Å². The fourth-order valence-electron chi connectivity index (χ4n) is 1.36. The molecular weight excluding hydrogens is 254 g/mol. The molecule has 0 bridgehead atoms. The Hall–Kier alpha value is -2.21. The Bertz CT molecular complexity index is 581. The van der Waals surface area contributed by atoms with E-state index >= 15 is 0 Å². The summed E-state index contributed by atoms with van der Waals surface area (Å²) in [5.74, 6) is 0.289. The summed E-state index contributed by atoms with van der Waals surface area (Å²) < 4.78 is 0. The molecule has 0 radical (unpaired) electrons. The van der Waals surface area contributed by atoms with Crippen molar-refractivity contribution in [2.45, 2.75) is 6.92 Å². The van der Waals surface area contributed by atoms with Crippen molar-refractivity contribution in [3.8, 4) is 0 Å². The van der Waals surface area contributed by atoms with Crippen molar-refractivity contribution in [2.75, 3.05) is 16.4 Å². The zero-order valence-corrected chi connectivity index (χ0v) is 10.4. The number of H-pyrrole nitrogens is 1. The van der Waals surface area contributed by atoms with Crippen LogP contribution in [0, 0.1) is 6.92 Å². The van der Waals surface area contributed by atoms with E-state index in [-0.39, 0.29) is 5.82 Å². The maximum atomic E-state index is 11.7. The average Bonchev–Trinajstić information content (AvgIpc) is 2.64. The minimum atomic E-state index is -0.457. The number of nitrogens with zero attached hydrogens (tertiary/aromatic N) is 1. The lowest BCUT2D eigenvalue weighted by Crippen LogP contribution is -2.20. The van der Waals surface area contributed by atoms with Crippen molar-refractivity contribution < 1.29 is 4.79 Å². The minimum Gasteiger partial charge on any atom is -0.394 e. The van der Waals surface area contributed by atoms with Crippen LogP contribution in [-0.2, 0) is 0 Å². The molecule has 2 amide bonds. The number of hydrogen-bond donors (Lipinski definition) is 4. The van der Waals surface area contributed by atoms with E-state index in [1.165, 1.54) is 0 Å². The number of amides is 2. The lowest BCUT2D eigenvalue weighted by Gasteiger charge is -2.07. The van der Waals surface area contributed by atoms with Crippen molar-refractivity contribution in [3.05, 3.63) is 35.0 Å². The van der Waals surface area contributed by atoms with Gasteiger partial charge in [-0.2, -0.15) is 5.10 Å². The maximum absolute atomic E-state index is 11.7. The van der Waals surface area contributed by atoms with Gasteiger partial charge in [-0.05, 0) is 19.1 Å². The Balaban J connectivity index is 2.06. The van der Waals surface area contributed by atoms with Crippen molar-refractivity contribution >= 4 is 34.8 Å². The summed E-state index contributed by atoms with van der Waals surface area (Å²) in [6.07, 6.45) is 0. The van der Waals surface area contributed by atoms with E-state index in [1.807, 2.05) is 0 Å². The van der Waals surface area contributed by atoms with E-state index in [9.17, 15) is 4.79 Å². The van der Waals surface area contributed by atoms with Gasteiger partial charge in [0.15, 0.2) is 5.82 Å². The number of para-hydroxylation sites is 1. The number of urea groups is 1. The van der Waals surface area contributed by atoms with E-state index < -0.39 is 6.03 Å². The van der Waals surface area contributed by atoms with Crippen LogP contribution in [0.25, 0.3) is 0 Å². The Morgan fingerprint density at radius 1 is 1.39 bits per heavy atom. The number of carbonyl (C=O) groups excluding carboxylic acids is 1. The third-order valence-corrected chi connectivity index (χ3v) is 2.68. The second-order valence-electron chi connectivity index (χ2n) is 3.67. The molecule has 0 saturated heterocycles. The molecule has 2 rings (SSSR count). The molecule has 1 aromatic carbocycles. The SMILES string of the molecule is Cc1[nH]nc(NC(=O)Nc2ccccc2Cl)c1N. The molecule has 0 fully saturated rings. The topological polar surface area (TPSA) is 95.8 Å². The average molecular weight is 266 g/mol. The van der Waals surface area contributed by atoms with Gasteiger partial charge in [0.1, 0.15) is 0 Å². The molecule has 7 heteroatoms. The number of aromatic amines is 1. The van der Waals surface area contributed by atoms with E-state index in [0.29, 0.717) is 22.1 Å². The highest BCUT2D eigenvalue weighted by Crippen LogP contribution is 2.22. The number of nitrogens with one attached hydrogen (secondary N) is 3. The molecule has 0 aliphatic carbocycles. The normalized spacial score (nSPS) is 10.1. The van der Waals surface area contributed by atoms with Gasteiger partial charge in [-0.3, -0.25) is 10.4 Å². The zero-order valence-electron chi connectivity index (χ0n) is 9.62. The molecule has 1 aromatic heterocycles. The summed E-state index contributed by atoms with van der Waals surface area (Å²) in [5, 5.41) is 12.1. The highest BCUT2D eigenvalue weighted by molar-refractivity contribution is 6.33. The van der Waals surface area contributed by atoms with Crippen LogP contribution in [0.3, 0.4) is 0 Å². The summed E-state index contributed by atoms with van der Waals surface area (Å²) in [4.78, 5) is 11.7. The monoisotopic (exact) mass is 265 g/mol. The fourth-order valence-corrected chi connectivity index (χ4v) is 1.54. The Morgan fingerprint density at radius 2 is 2.11 bits per heavy atom. The van der Waals surface area contributed by atoms with Gasteiger partial charge in [0.2, 0.25) is 0 Å². The van der Waals surface area contributed by atoms with Gasteiger partial charge in [-0.15, -0.1) is 0 Å². The van der Waals surface area contributed by atoms with E-state index in [2.05, 4.69) is 20.8 Å². The number of aromatic nitrogens is 2. The van der Waals surface area contributed by atoms with Gasteiger partial charge in [-0.1, -0.05) is 23.7 Å². The highest BCUT2D eigenvalue weighted by Gasteiger charge is 2.11. The lowest BCUT2D eigenvalue weighted by molar-refractivity contribution is 0.262. The lowest BCUT2D eigenvalue weighted by atomic mass is 10.3. The quantitative estimate of drug-likeness (QED) is 0.672. The van der Waals surface area contributed by atoms with E-state index in [4.69, 9.17) is 17.3 Å². The number of hydrogen-bond acceptors (Lipinski definition) is 3. The molecule has 5 N–H and O–H groups in total. The molecule has 0 aliphatic heterocycles. The van der Waals surface area contributed by atoms with Crippen molar-refractivity contribution in [1.82, 2.24) is 10.2 Å². The van der Waals surface area contributed by atoms with Crippen molar-refractivity contribution in [3.63, 3.8) is 0 Å². The summed E-state index contributed by atoms with van der Waals surface area (Å²) in [7, 11) is 0. The molecule has 0 atom stereocenters. The summed E-state index contributed by atoms with van der Waals surface area (Å²) in [6, 6.07) is 6.47. The minimum absolute atomic E-state index is 0.289. The Kier molecular flexibility index (Phi) is 3.38. The molecule has 0 spiro atoms. The second-order valence-corrected chi connectivity index (χ2v) is 4.08. The highest BCUT2D eigenvalue weighted by atomic mass is 35.5. The van der Waals surface area contributed by atoms with Crippen LogP contribution in [0.4, 0.5) is 22.0 Å². The van der Waals surface area contributed by atoms with Crippen molar-refractivity contribution in [2.24, 2.45) is 0 Å². The number of rotatable bonds is 2. The van der Waals surface area contributed by atoms with Gasteiger partial charge in [-0.25, -0.2) is 4.79 Å². The van der Waals surface area contributed by atoms with Crippen LogP contribution in [0.2, 0.25) is 5.02 Å².